The SMILES string of the molecule is CC1CCCC(N)C1C(=O)N(C)C1CCOC1. The van der Waals surface area contributed by atoms with Gasteiger partial charge in [0, 0.05) is 19.7 Å². The minimum absolute atomic E-state index is 0.00866. The molecule has 0 bridgehead atoms. The fraction of sp³-hybridized carbons (Fsp3) is 0.923. The number of carbonyl (C=O) groups is 1. The van der Waals surface area contributed by atoms with E-state index in [2.05, 4.69) is 6.92 Å². The Labute approximate surface area is 103 Å². The Balaban J connectivity index is 2.01. The van der Waals surface area contributed by atoms with E-state index in [0.29, 0.717) is 12.5 Å². The largest absolute Gasteiger partial charge is 0.379 e. The lowest BCUT2D eigenvalue weighted by atomic mass is 9.76. The molecule has 1 amide bonds. The van der Waals surface area contributed by atoms with Gasteiger partial charge in [0.15, 0.2) is 0 Å². The Bertz CT molecular complexity index is 267. The second kappa shape index (κ2) is 5.36. The lowest BCUT2D eigenvalue weighted by Crippen LogP contribution is -2.50. The van der Waals surface area contributed by atoms with Crippen LogP contribution in [0.1, 0.15) is 32.6 Å². The average Bonchev–Trinajstić information content (AvgIpc) is 2.81. The molecule has 2 aliphatic rings. The number of ether oxygens (including phenoxy) is 1. The third-order valence-corrected chi connectivity index (χ3v) is 4.36. The first-order chi connectivity index (χ1) is 8.11. The maximum absolute atomic E-state index is 12.5. The number of hydrogen-bond acceptors (Lipinski definition) is 3. The Morgan fingerprint density at radius 1 is 1.35 bits per heavy atom. The van der Waals surface area contributed by atoms with Gasteiger partial charge < -0.3 is 15.4 Å². The monoisotopic (exact) mass is 240 g/mol. The zero-order chi connectivity index (χ0) is 12.4. The van der Waals surface area contributed by atoms with Crippen LogP contribution in [0.2, 0.25) is 0 Å². The van der Waals surface area contributed by atoms with Crippen LogP contribution in [-0.2, 0) is 9.53 Å². The van der Waals surface area contributed by atoms with E-state index in [1.807, 2.05) is 11.9 Å². The van der Waals surface area contributed by atoms with Crippen molar-refractivity contribution in [2.45, 2.75) is 44.7 Å². The number of nitrogens with zero attached hydrogens (tertiary/aromatic N) is 1. The molecule has 1 aliphatic carbocycles. The maximum atomic E-state index is 12.5. The highest BCUT2D eigenvalue weighted by atomic mass is 16.5. The van der Waals surface area contributed by atoms with Crippen molar-refractivity contribution in [3.8, 4) is 0 Å². The third kappa shape index (κ3) is 2.63. The lowest BCUT2D eigenvalue weighted by Gasteiger charge is -2.37. The van der Waals surface area contributed by atoms with E-state index >= 15 is 0 Å². The van der Waals surface area contributed by atoms with Crippen LogP contribution < -0.4 is 5.73 Å². The minimum Gasteiger partial charge on any atom is -0.379 e. The topological polar surface area (TPSA) is 55.6 Å². The van der Waals surface area contributed by atoms with Crippen LogP contribution >= 0.6 is 0 Å². The highest BCUT2D eigenvalue weighted by Crippen LogP contribution is 2.31. The molecule has 0 radical (unpaired) electrons. The molecular weight excluding hydrogens is 216 g/mol. The van der Waals surface area contributed by atoms with Crippen LogP contribution in [-0.4, -0.2) is 43.2 Å². The molecule has 2 N–H and O–H groups in total. The smallest absolute Gasteiger partial charge is 0.227 e. The third-order valence-electron chi connectivity index (χ3n) is 4.36. The molecule has 1 saturated carbocycles. The van der Waals surface area contributed by atoms with Crippen molar-refractivity contribution in [3.05, 3.63) is 0 Å². The van der Waals surface area contributed by atoms with Crippen molar-refractivity contribution >= 4 is 5.91 Å². The zero-order valence-corrected chi connectivity index (χ0v) is 10.9. The number of carbonyl (C=O) groups excluding carboxylic acids is 1. The zero-order valence-electron chi connectivity index (χ0n) is 10.9. The molecule has 0 spiro atoms. The van der Waals surface area contributed by atoms with E-state index in [-0.39, 0.29) is 23.9 Å². The summed E-state index contributed by atoms with van der Waals surface area (Å²) < 4.78 is 5.34. The molecule has 4 nitrogen and oxygen atoms in total. The lowest BCUT2D eigenvalue weighted by molar-refractivity contribution is -0.139. The quantitative estimate of drug-likeness (QED) is 0.783. The number of nitrogens with two attached hydrogens (primary N) is 1. The Kier molecular flexibility index (Phi) is 4.05. The van der Waals surface area contributed by atoms with E-state index in [1.54, 1.807) is 0 Å². The summed E-state index contributed by atoms with van der Waals surface area (Å²) in [6.45, 7) is 3.60. The molecule has 1 aliphatic heterocycles. The molecule has 1 saturated heterocycles. The van der Waals surface area contributed by atoms with Gasteiger partial charge in [-0.05, 0) is 25.2 Å². The minimum atomic E-state index is 0.00866. The average molecular weight is 240 g/mol. The summed E-state index contributed by atoms with van der Waals surface area (Å²) in [5.41, 5.74) is 6.13. The number of amides is 1. The first-order valence-electron chi connectivity index (χ1n) is 6.71. The van der Waals surface area contributed by atoms with Gasteiger partial charge in [0.2, 0.25) is 5.91 Å². The van der Waals surface area contributed by atoms with Crippen LogP contribution in [0.3, 0.4) is 0 Å². The molecule has 1 heterocycles. The van der Waals surface area contributed by atoms with Crippen molar-refractivity contribution < 1.29 is 9.53 Å². The Morgan fingerprint density at radius 3 is 2.71 bits per heavy atom. The Hall–Kier alpha value is -0.610. The Morgan fingerprint density at radius 2 is 2.12 bits per heavy atom. The summed E-state index contributed by atoms with van der Waals surface area (Å²) in [5.74, 6) is 0.644. The molecule has 0 aromatic rings. The second-order valence-corrected chi connectivity index (χ2v) is 5.56. The molecule has 98 valence electrons. The first kappa shape index (κ1) is 12.8. The first-order valence-corrected chi connectivity index (χ1v) is 6.71. The van der Waals surface area contributed by atoms with Gasteiger partial charge >= 0.3 is 0 Å². The summed E-state index contributed by atoms with van der Waals surface area (Å²) in [6, 6.07) is 0.292. The molecule has 4 unspecified atom stereocenters. The van der Waals surface area contributed by atoms with Crippen molar-refractivity contribution in [2.24, 2.45) is 17.6 Å². The summed E-state index contributed by atoms with van der Waals surface area (Å²) in [6.07, 6.45) is 4.22. The molecule has 0 aromatic heterocycles. The van der Waals surface area contributed by atoms with Gasteiger partial charge in [-0.1, -0.05) is 13.3 Å². The highest BCUT2D eigenvalue weighted by molar-refractivity contribution is 5.80. The maximum Gasteiger partial charge on any atom is 0.227 e. The van der Waals surface area contributed by atoms with E-state index < -0.39 is 0 Å². The molecule has 17 heavy (non-hydrogen) atoms. The van der Waals surface area contributed by atoms with Crippen LogP contribution in [0.15, 0.2) is 0 Å². The second-order valence-electron chi connectivity index (χ2n) is 5.56. The van der Waals surface area contributed by atoms with Gasteiger partial charge in [0.05, 0.1) is 18.6 Å². The van der Waals surface area contributed by atoms with Crippen LogP contribution in [0.4, 0.5) is 0 Å². The molecule has 4 atom stereocenters. The predicted octanol–water partition coefficient (Wildman–Crippen LogP) is 0.997. The van der Waals surface area contributed by atoms with E-state index in [0.717, 1.165) is 32.3 Å². The van der Waals surface area contributed by atoms with Crippen molar-refractivity contribution in [1.29, 1.82) is 0 Å². The number of rotatable bonds is 2. The summed E-state index contributed by atoms with van der Waals surface area (Å²) >= 11 is 0. The fourth-order valence-electron chi connectivity index (χ4n) is 3.13. The summed E-state index contributed by atoms with van der Waals surface area (Å²) in [5, 5.41) is 0. The standard InChI is InChI=1S/C13H24N2O2/c1-9-4-3-5-11(14)12(9)13(16)15(2)10-6-7-17-8-10/h9-12H,3-8,14H2,1-2H3. The highest BCUT2D eigenvalue weighted by Gasteiger charge is 2.37. The van der Waals surface area contributed by atoms with Crippen molar-refractivity contribution in [1.82, 2.24) is 4.90 Å². The van der Waals surface area contributed by atoms with Crippen LogP contribution in [0.5, 0.6) is 0 Å². The van der Waals surface area contributed by atoms with Crippen LogP contribution in [0, 0.1) is 11.8 Å². The molecule has 2 fully saturated rings. The van der Waals surface area contributed by atoms with E-state index in [1.165, 1.54) is 0 Å². The normalized spacial score (nSPS) is 38.1. The summed E-state index contributed by atoms with van der Waals surface area (Å²) in [7, 11) is 1.90. The predicted molar refractivity (Wildman–Crippen MR) is 66.5 cm³/mol. The molecule has 0 aromatic carbocycles. The van der Waals surface area contributed by atoms with Crippen molar-refractivity contribution in [3.63, 3.8) is 0 Å². The van der Waals surface area contributed by atoms with Gasteiger partial charge in [-0.2, -0.15) is 0 Å². The van der Waals surface area contributed by atoms with Gasteiger partial charge in [-0.25, -0.2) is 0 Å². The van der Waals surface area contributed by atoms with Crippen molar-refractivity contribution in [2.75, 3.05) is 20.3 Å². The van der Waals surface area contributed by atoms with Crippen LogP contribution in [0.25, 0.3) is 0 Å². The molecule has 4 heteroatoms. The summed E-state index contributed by atoms with van der Waals surface area (Å²) in [4.78, 5) is 14.4. The fourth-order valence-corrected chi connectivity index (χ4v) is 3.13. The molecular formula is C13H24N2O2. The molecule has 2 rings (SSSR count). The van der Waals surface area contributed by atoms with Gasteiger partial charge in [0.25, 0.3) is 0 Å². The van der Waals surface area contributed by atoms with E-state index in [9.17, 15) is 4.79 Å². The number of likely N-dealkylation sites (N-methyl/N-ethyl adjacent to an activating group) is 1. The van der Waals surface area contributed by atoms with Gasteiger partial charge in [-0.15, -0.1) is 0 Å². The van der Waals surface area contributed by atoms with E-state index in [4.69, 9.17) is 10.5 Å². The van der Waals surface area contributed by atoms with Gasteiger partial charge in [-0.3, -0.25) is 4.79 Å². The van der Waals surface area contributed by atoms with Gasteiger partial charge in [0.1, 0.15) is 0 Å². The number of hydrogen-bond donors (Lipinski definition) is 1.